The lowest BCUT2D eigenvalue weighted by atomic mass is 10.0. The van der Waals surface area contributed by atoms with Crippen LogP contribution < -0.4 is 9.47 Å². The van der Waals surface area contributed by atoms with Gasteiger partial charge in [-0.25, -0.2) is 13.4 Å². The molecule has 0 spiro atoms. The summed E-state index contributed by atoms with van der Waals surface area (Å²) < 4.78 is 39.8. The Hall–Kier alpha value is -2.12. The molecular weight excluding hydrogens is 364 g/mol. The predicted octanol–water partition coefficient (Wildman–Crippen LogP) is 3.16. The molecule has 2 aromatic rings. The number of hydrogen-bond donors (Lipinski definition) is 0. The van der Waals surface area contributed by atoms with Gasteiger partial charge in [-0.05, 0) is 37.5 Å². The van der Waals surface area contributed by atoms with Crippen LogP contribution in [0, 0.1) is 6.92 Å². The molecule has 2 aliphatic heterocycles. The van der Waals surface area contributed by atoms with Gasteiger partial charge in [-0.2, -0.15) is 4.31 Å². The van der Waals surface area contributed by atoms with E-state index in [4.69, 9.17) is 9.47 Å². The maximum atomic E-state index is 13.4. The Balaban J connectivity index is 1.57. The first kappa shape index (κ1) is 18.3. The number of sulfonamides is 1. The van der Waals surface area contributed by atoms with Crippen LogP contribution in [0.2, 0.25) is 0 Å². The number of fused-ring (bicyclic) bond motifs is 2. The minimum atomic E-state index is -3.58. The SMILES string of the molecule is COc1ccc(C)c(S(=O)(=O)N2C3CCC2CC(Oc2ccccn2)C3)c1. The third kappa shape index (κ3) is 3.41. The van der Waals surface area contributed by atoms with Gasteiger partial charge in [0.15, 0.2) is 0 Å². The highest BCUT2D eigenvalue weighted by Crippen LogP contribution is 2.41. The number of aryl methyl sites for hydroxylation is 1. The normalized spacial score (nSPS) is 25.3. The molecule has 2 fully saturated rings. The second kappa shape index (κ2) is 7.13. The highest BCUT2D eigenvalue weighted by atomic mass is 32.2. The van der Waals surface area contributed by atoms with Crippen LogP contribution in [-0.2, 0) is 10.0 Å². The number of pyridine rings is 1. The number of methoxy groups -OCH3 is 1. The molecule has 1 aromatic carbocycles. The molecule has 27 heavy (non-hydrogen) atoms. The summed E-state index contributed by atoms with van der Waals surface area (Å²) in [5.41, 5.74) is 0.738. The van der Waals surface area contributed by atoms with E-state index in [9.17, 15) is 8.42 Å². The summed E-state index contributed by atoms with van der Waals surface area (Å²) in [7, 11) is -2.03. The van der Waals surface area contributed by atoms with E-state index in [1.807, 2.05) is 25.1 Å². The number of benzene rings is 1. The topological polar surface area (TPSA) is 68.7 Å². The fourth-order valence-electron chi connectivity index (χ4n) is 4.26. The highest BCUT2D eigenvalue weighted by molar-refractivity contribution is 7.89. The second-order valence-corrected chi connectivity index (χ2v) is 9.04. The number of aromatic nitrogens is 1. The van der Waals surface area contributed by atoms with Gasteiger partial charge in [0.2, 0.25) is 15.9 Å². The van der Waals surface area contributed by atoms with Gasteiger partial charge in [0, 0.05) is 43.3 Å². The van der Waals surface area contributed by atoms with Gasteiger partial charge in [0.25, 0.3) is 0 Å². The van der Waals surface area contributed by atoms with Crippen LogP contribution in [0.5, 0.6) is 11.6 Å². The fourth-order valence-corrected chi connectivity index (χ4v) is 6.39. The number of hydrogen-bond acceptors (Lipinski definition) is 5. The Labute approximate surface area is 160 Å². The molecule has 6 nitrogen and oxygen atoms in total. The molecule has 3 heterocycles. The summed E-state index contributed by atoms with van der Waals surface area (Å²) in [6.07, 6.45) is 4.82. The van der Waals surface area contributed by atoms with Crippen LogP contribution in [0.1, 0.15) is 31.2 Å². The molecule has 0 aliphatic carbocycles. The van der Waals surface area contributed by atoms with Gasteiger partial charge in [-0.3, -0.25) is 0 Å². The maximum Gasteiger partial charge on any atom is 0.243 e. The summed E-state index contributed by atoms with van der Waals surface area (Å²) in [6.45, 7) is 1.82. The molecule has 2 saturated heterocycles. The van der Waals surface area contributed by atoms with Gasteiger partial charge in [0.1, 0.15) is 11.9 Å². The highest BCUT2D eigenvalue weighted by Gasteiger charge is 2.48. The summed E-state index contributed by atoms with van der Waals surface area (Å²) >= 11 is 0. The van der Waals surface area contributed by atoms with Crippen LogP contribution in [0.4, 0.5) is 0 Å². The Kier molecular flexibility index (Phi) is 4.82. The van der Waals surface area contributed by atoms with E-state index in [2.05, 4.69) is 4.98 Å². The number of ether oxygens (including phenoxy) is 2. The van der Waals surface area contributed by atoms with Crippen molar-refractivity contribution in [2.45, 2.75) is 55.7 Å². The molecule has 0 N–H and O–H groups in total. The van der Waals surface area contributed by atoms with E-state index in [1.54, 1.807) is 35.8 Å². The van der Waals surface area contributed by atoms with E-state index < -0.39 is 10.0 Å². The molecule has 1 aromatic heterocycles. The van der Waals surface area contributed by atoms with Crippen molar-refractivity contribution in [2.75, 3.05) is 7.11 Å². The Morgan fingerprint density at radius 1 is 1.11 bits per heavy atom. The van der Waals surface area contributed by atoms with Gasteiger partial charge >= 0.3 is 0 Å². The molecule has 0 saturated carbocycles. The van der Waals surface area contributed by atoms with Crippen molar-refractivity contribution in [1.82, 2.24) is 9.29 Å². The first-order chi connectivity index (χ1) is 13.0. The maximum absolute atomic E-state index is 13.4. The lowest BCUT2D eigenvalue weighted by Crippen LogP contribution is -2.49. The smallest absolute Gasteiger partial charge is 0.243 e. The van der Waals surface area contributed by atoms with Crippen molar-refractivity contribution in [3.8, 4) is 11.6 Å². The average Bonchev–Trinajstić information content (AvgIpc) is 2.95. The average molecular weight is 388 g/mol. The zero-order valence-corrected chi connectivity index (χ0v) is 16.4. The first-order valence-corrected chi connectivity index (χ1v) is 10.7. The van der Waals surface area contributed by atoms with E-state index in [-0.39, 0.29) is 18.2 Å². The quantitative estimate of drug-likeness (QED) is 0.787. The van der Waals surface area contributed by atoms with Crippen molar-refractivity contribution in [1.29, 1.82) is 0 Å². The molecule has 2 atom stereocenters. The Bertz CT molecular complexity index is 903. The minimum absolute atomic E-state index is 0.00439. The number of piperidine rings is 1. The van der Waals surface area contributed by atoms with E-state index >= 15 is 0 Å². The minimum Gasteiger partial charge on any atom is -0.497 e. The van der Waals surface area contributed by atoms with E-state index in [0.717, 1.165) is 18.4 Å². The standard InChI is InChI=1S/C20H24N2O4S/c1-14-6-9-17(25-2)13-19(14)27(23,24)22-15-7-8-16(22)12-18(11-15)26-20-5-3-4-10-21-20/h3-6,9-10,13,15-16,18H,7-8,11-12H2,1-2H3. The van der Waals surface area contributed by atoms with Gasteiger partial charge in [-0.1, -0.05) is 12.1 Å². The number of nitrogens with zero attached hydrogens (tertiary/aromatic N) is 2. The second-order valence-electron chi connectivity index (χ2n) is 7.23. The molecule has 7 heteroatoms. The van der Waals surface area contributed by atoms with Crippen molar-refractivity contribution in [3.63, 3.8) is 0 Å². The Morgan fingerprint density at radius 3 is 2.48 bits per heavy atom. The molecular formula is C20H24N2O4S. The third-order valence-corrected chi connectivity index (χ3v) is 7.65. The molecule has 2 unspecified atom stereocenters. The lowest BCUT2D eigenvalue weighted by molar-refractivity contribution is 0.0918. The predicted molar refractivity (Wildman–Crippen MR) is 101 cm³/mol. The fraction of sp³-hybridized carbons (Fsp3) is 0.450. The first-order valence-electron chi connectivity index (χ1n) is 9.25. The van der Waals surface area contributed by atoms with Crippen LogP contribution in [-0.4, -0.2) is 43.0 Å². The lowest BCUT2D eigenvalue weighted by Gasteiger charge is -2.37. The van der Waals surface area contributed by atoms with Crippen LogP contribution in [0.25, 0.3) is 0 Å². The van der Waals surface area contributed by atoms with Crippen LogP contribution >= 0.6 is 0 Å². The molecule has 2 aliphatic rings. The van der Waals surface area contributed by atoms with Gasteiger partial charge < -0.3 is 9.47 Å². The number of rotatable bonds is 5. The molecule has 4 rings (SSSR count). The molecule has 144 valence electrons. The van der Waals surface area contributed by atoms with E-state index in [1.165, 1.54) is 0 Å². The third-order valence-electron chi connectivity index (χ3n) is 5.50. The van der Waals surface area contributed by atoms with Crippen molar-refractivity contribution < 1.29 is 17.9 Å². The van der Waals surface area contributed by atoms with Gasteiger partial charge in [-0.15, -0.1) is 0 Å². The summed E-state index contributed by atoms with van der Waals surface area (Å²) in [5, 5.41) is 0. The molecule has 0 amide bonds. The zero-order valence-electron chi connectivity index (χ0n) is 15.5. The van der Waals surface area contributed by atoms with Crippen LogP contribution in [0.15, 0.2) is 47.5 Å². The molecule has 0 radical (unpaired) electrons. The summed E-state index contributed by atoms with van der Waals surface area (Å²) in [4.78, 5) is 4.56. The van der Waals surface area contributed by atoms with Gasteiger partial charge in [0.05, 0.1) is 12.0 Å². The van der Waals surface area contributed by atoms with Crippen molar-refractivity contribution >= 4 is 10.0 Å². The largest absolute Gasteiger partial charge is 0.497 e. The van der Waals surface area contributed by atoms with Crippen LogP contribution in [0.3, 0.4) is 0 Å². The van der Waals surface area contributed by atoms with E-state index in [0.29, 0.717) is 29.4 Å². The van der Waals surface area contributed by atoms with Crippen molar-refractivity contribution in [2.24, 2.45) is 0 Å². The zero-order chi connectivity index (χ0) is 19.0. The Morgan fingerprint density at radius 2 is 1.85 bits per heavy atom. The monoisotopic (exact) mass is 388 g/mol. The summed E-state index contributed by atoms with van der Waals surface area (Å²) in [6, 6.07) is 10.7. The van der Waals surface area contributed by atoms with Crippen molar-refractivity contribution in [3.05, 3.63) is 48.2 Å². The molecule has 2 bridgehead atoms. The summed E-state index contributed by atoms with van der Waals surface area (Å²) in [5.74, 6) is 1.15.